The van der Waals surface area contributed by atoms with E-state index in [0.29, 0.717) is 39.4 Å². The molecule has 5 aromatic rings. The molecule has 0 unspecified atom stereocenters. The number of nitrogens with two attached hydrogens (primary N) is 1. The highest BCUT2D eigenvalue weighted by molar-refractivity contribution is 6.01. The highest BCUT2D eigenvalue weighted by Crippen LogP contribution is 2.25. The lowest BCUT2D eigenvalue weighted by Gasteiger charge is -2.21. The number of amides is 1. The number of aromatic nitrogens is 4. The van der Waals surface area contributed by atoms with Crippen molar-refractivity contribution in [3.63, 3.8) is 0 Å². The molecule has 3 N–H and O–H groups in total. The Morgan fingerprint density at radius 3 is 2.67 bits per heavy atom. The zero-order valence-corrected chi connectivity index (χ0v) is 18.2. The molecule has 33 heavy (non-hydrogen) atoms. The summed E-state index contributed by atoms with van der Waals surface area (Å²) in [6.07, 6.45) is 3.37. The summed E-state index contributed by atoms with van der Waals surface area (Å²) in [5.74, 6) is -0.312. The molecule has 0 spiro atoms. The van der Waals surface area contributed by atoms with Gasteiger partial charge in [0.15, 0.2) is 5.65 Å². The van der Waals surface area contributed by atoms with Crippen LogP contribution in [-0.2, 0) is 0 Å². The number of nitrogen functional groups attached to an aromatic ring is 1. The molecule has 0 saturated carbocycles. The Morgan fingerprint density at radius 1 is 1.09 bits per heavy atom. The number of carbonyl (C=O) groups is 1. The summed E-state index contributed by atoms with van der Waals surface area (Å²) in [5, 5.41) is 8.56. The first-order chi connectivity index (χ1) is 16.0. The Kier molecular flexibility index (Phi) is 4.90. The van der Waals surface area contributed by atoms with Crippen molar-refractivity contribution in [2.45, 2.75) is 19.9 Å². The van der Waals surface area contributed by atoms with Gasteiger partial charge in [0.1, 0.15) is 5.56 Å². The molecular weight excluding hydrogens is 416 g/mol. The van der Waals surface area contributed by atoms with E-state index in [1.165, 1.54) is 0 Å². The summed E-state index contributed by atoms with van der Waals surface area (Å²) >= 11 is 0. The third-order valence-electron chi connectivity index (χ3n) is 5.71. The molecule has 3 aromatic heterocycles. The van der Waals surface area contributed by atoms with E-state index < -0.39 is 6.04 Å². The molecule has 8 nitrogen and oxygen atoms in total. The van der Waals surface area contributed by atoms with Crippen LogP contribution in [0.4, 0.5) is 5.69 Å². The summed E-state index contributed by atoms with van der Waals surface area (Å²) in [6.45, 7) is 3.62. The van der Waals surface area contributed by atoms with Crippen LogP contribution in [0.5, 0.6) is 0 Å². The molecule has 2 aromatic carbocycles. The second-order valence-electron chi connectivity index (χ2n) is 7.90. The smallest absolute Gasteiger partial charge is 0.265 e. The lowest BCUT2D eigenvalue weighted by molar-refractivity contribution is 0.0939. The number of benzene rings is 2. The average molecular weight is 438 g/mol. The zero-order chi connectivity index (χ0) is 23.1. The first-order valence-electron chi connectivity index (χ1n) is 10.6. The topological polar surface area (TPSA) is 107 Å². The number of nitrogens with zero attached hydrogens (tertiary/aromatic N) is 4. The fraction of sp³-hybridized carbons (Fsp3) is 0.120. The third kappa shape index (κ3) is 3.41. The van der Waals surface area contributed by atoms with Crippen LogP contribution >= 0.6 is 0 Å². The van der Waals surface area contributed by atoms with Crippen molar-refractivity contribution >= 4 is 28.0 Å². The van der Waals surface area contributed by atoms with Crippen LogP contribution < -0.4 is 16.6 Å². The van der Waals surface area contributed by atoms with E-state index in [4.69, 9.17) is 5.73 Å². The van der Waals surface area contributed by atoms with Crippen molar-refractivity contribution in [3.05, 3.63) is 100 Å². The van der Waals surface area contributed by atoms with Crippen molar-refractivity contribution in [1.29, 1.82) is 0 Å². The number of carbonyl (C=O) groups excluding carboxylic acids is 1. The monoisotopic (exact) mass is 438 g/mol. The molecule has 0 aliphatic heterocycles. The van der Waals surface area contributed by atoms with E-state index in [9.17, 15) is 9.59 Å². The van der Waals surface area contributed by atoms with E-state index >= 15 is 0 Å². The quantitative estimate of drug-likeness (QED) is 0.418. The molecular formula is C25H22N6O2. The van der Waals surface area contributed by atoms with Crippen molar-refractivity contribution in [2.24, 2.45) is 0 Å². The zero-order valence-electron chi connectivity index (χ0n) is 18.2. The Balaban J connectivity index is 1.64. The van der Waals surface area contributed by atoms with E-state index in [-0.39, 0.29) is 11.5 Å². The summed E-state index contributed by atoms with van der Waals surface area (Å²) in [5.41, 5.74) is 9.11. The average Bonchev–Trinajstić information content (AvgIpc) is 3.15. The van der Waals surface area contributed by atoms with E-state index in [1.807, 2.05) is 55.5 Å². The fourth-order valence-corrected chi connectivity index (χ4v) is 4.18. The number of rotatable bonds is 4. The van der Waals surface area contributed by atoms with Crippen LogP contribution in [0.25, 0.3) is 22.1 Å². The Hall–Kier alpha value is -4.46. The van der Waals surface area contributed by atoms with Gasteiger partial charge in [-0.05, 0) is 49.6 Å². The van der Waals surface area contributed by atoms with Gasteiger partial charge in [0.25, 0.3) is 11.5 Å². The van der Waals surface area contributed by atoms with Crippen molar-refractivity contribution in [1.82, 2.24) is 24.5 Å². The van der Waals surface area contributed by atoms with Gasteiger partial charge < -0.3 is 11.1 Å². The minimum absolute atomic E-state index is 0.235. The Bertz CT molecular complexity index is 1570. The Labute approximate surface area is 189 Å². The fourth-order valence-electron chi connectivity index (χ4n) is 4.18. The highest BCUT2D eigenvalue weighted by Gasteiger charge is 2.23. The second kappa shape index (κ2) is 7.90. The SMILES string of the molecule is Cc1nn2cccnc2c1C(=O)N[C@H](C)c1cc2cccc(N)c2c(=O)n1-c1ccccc1. The van der Waals surface area contributed by atoms with Crippen molar-refractivity contribution in [2.75, 3.05) is 5.73 Å². The number of pyridine rings is 1. The van der Waals surface area contributed by atoms with Gasteiger partial charge in [0.05, 0.1) is 17.1 Å². The van der Waals surface area contributed by atoms with E-state index in [1.54, 1.807) is 40.5 Å². The molecule has 0 radical (unpaired) electrons. The minimum atomic E-state index is -0.491. The van der Waals surface area contributed by atoms with Crippen LogP contribution in [0, 0.1) is 6.92 Å². The van der Waals surface area contributed by atoms with Gasteiger partial charge in [-0.15, -0.1) is 0 Å². The molecule has 0 fully saturated rings. The van der Waals surface area contributed by atoms with Crippen molar-refractivity contribution in [3.8, 4) is 5.69 Å². The van der Waals surface area contributed by atoms with Gasteiger partial charge in [-0.25, -0.2) is 9.50 Å². The van der Waals surface area contributed by atoms with E-state index in [0.717, 1.165) is 5.39 Å². The van der Waals surface area contributed by atoms with Crippen LogP contribution in [-0.4, -0.2) is 25.1 Å². The standard InChI is InChI=1S/C25H22N6O2/c1-15(28-24(32)21-16(2)29-30-13-7-12-27-23(21)30)20-14-17-8-6-11-19(26)22(17)25(33)31(20)18-9-4-3-5-10-18/h3-15H,26H2,1-2H3,(H,28,32)/t15-/m1/s1. The van der Waals surface area contributed by atoms with E-state index in [2.05, 4.69) is 15.4 Å². The van der Waals surface area contributed by atoms with Crippen LogP contribution in [0.3, 0.4) is 0 Å². The molecule has 8 heteroatoms. The number of nitrogens with one attached hydrogen (secondary N) is 1. The molecule has 0 aliphatic carbocycles. The maximum atomic E-state index is 13.6. The third-order valence-corrected chi connectivity index (χ3v) is 5.71. The summed E-state index contributed by atoms with van der Waals surface area (Å²) in [6, 6.07) is 17.8. The predicted octanol–water partition coefficient (Wildman–Crippen LogP) is 3.42. The van der Waals surface area contributed by atoms with Crippen LogP contribution in [0.1, 0.15) is 34.7 Å². The number of hydrogen-bond donors (Lipinski definition) is 2. The minimum Gasteiger partial charge on any atom is -0.398 e. The van der Waals surface area contributed by atoms with Gasteiger partial charge in [-0.1, -0.05) is 30.3 Å². The lowest BCUT2D eigenvalue weighted by atomic mass is 10.1. The second-order valence-corrected chi connectivity index (χ2v) is 7.90. The summed E-state index contributed by atoms with van der Waals surface area (Å²) < 4.78 is 3.18. The largest absolute Gasteiger partial charge is 0.398 e. The molecule has 0 bridgehead atoms. The van der Waals surface area contributed by atoms with Gasteiger partial charge in [0, 0.05) is 29.5 Å². The number of para-hydroxylation sites is 1. The normalized spacial score (nSPS) is 12.2. The molecule has 1 atom stereocenters. The van der Waals surface area contributed by atoms with Gasteiger partial charge in [-0.2, -0.15) is 5.10 Å². The van der Waals surface area contributed by atoms with Gasteiger partial charge >= 0.3 is 0 Å². The number of anilines is 1. The van der Waals surface area contributed by atoms with Gasteiger partial charge in [0.2, 0.25) is 0 Å². The number of hydrogen-bond acceptors (Lipinski definition) is 5. The number of fused-ring (bicyclic) bond motifs is 2. The number of aryl methyl sites for hydroxylation is 1. The van der Waals surface area contributed by atoms with Crippen molar-refractivity contribution < 1.29 is 4.79 Å². The Morgan fingerprint density at radius 2 is 1.88 bits per heavy atom. The molecule has 3 heterocycles. The molecule has 1 amide bonds. The lowest BCUT2D eigenvalue weighted by Crippen LogP contribution is -2.32. The molecule has 164 valence electrons. The first kappa shape index (κ1) is 20.4. The predicted molar refractivity (Wildman–Crippen MR) is 128 cm³/mol. The molecule has 0 saturated heterocycles. The summed E-state index contributed by atoms with van der Waals surface area (Å²) in [7, 11) is 0. The molecule has 5 rings (SSSR count). The maximum absolute atomic E-state index is 13.6. The van der Waals surface area contributed by atoms with Gasteiger partial charge in [-0.3, -0.25) is 14.2 Å². The summed E-state index contributed by atoms with van der Waals surface area (Å²) in [4.78, 5) is 31.1. The molecule has 0 aliphatic rings. The van der Waals surface area contributed by atoms with Crippen LogP contribution in [0.2, 0.25) is 0 Å². The first-order valence-corrected chi connectivity index (χ1v) is 10.6. The highest BCUT2D eigenvalue weighted by atomic mass is 16.2. The maximum Gasteiger partial charge on any atom is 0.265 e. The van der Waals surface area contributed by atoms with Crippen LogP contribution in [0.15, 0.2) is 77.9 Å².